The number of hydrogen-bond acceptors (Lipinski definition) is 4. The van der Waals surface area contributed by atoms with Gasteiger partial charge in [0.05, 0.1) is 14.2 Å². The van der Waals surface area contributed by atoms with Crippen LogP contribution < -0.4 is 9.47 Å². The van der Waals surface area contributed by atoms with E-state index in [0.29, 0.717) is 11.5 Å². The van der Waals surface area contributed by atoms with Crippen LogP contribution in [0.2, 0.25) is 0 Å². The topological polar surface area (TPSA) is 58.9 Å². The molecule has 0 fully saturated rings. The molecule has 0 aliphatic carbocycles. The van der Waals surface area contributed by atoms with Gasteiger partial charge >= 0.3 is 0 Å². The van der Waals surface area contributed by atoms with E-state index >= 15 is 0 Å². The first kappa shape index (κ1) is 13.8. The summed E-state index contributed by atoms with van der Waals surface area (Å²) in [5.74, 6) is 1.27. The molecule has 4 nitrogen and oxygen atoms in total. The SMILES string of the molecule is COc1cc(/C=C/c2ccc(O)cc2OC)ccc1O. The minimum atomic E-state index is 0.104. The van der Waals surface area contributed by atoms with E-state index in [1.807, 2.05) is 12.2 Å². The Hall–Kier alpha value is -2.62. The van der Waals surface area contributed by atoms with E-state index in [4.69, 9.17) is 9.47 Å². The second-order valence-electron chi connectivity index (χ2n) is 4.19. The van der Waals surface area contributed by atoms with Crippen molar-refractivity contribution in [2.45, 2.75) is 0 Å². The Morgan fingerprint density at radius 1 is 0.850 bits per heavy atom. The molecule has 0 unspecified atom stereocenters. The van der Waals surface area contributed by atoms with E-state index in [-0.39, 0.29) is 11.5 Å². The molecule has 2 N–H and O–H groups in total. The first-order valence-electron chi connectivity index (χ1n) is 6.06. The van der Waals surface area contributed by atoms with Gasteiger partial charge in [0.25, 0.3) is 0 Å². The molecule has 4 heteroatoms. The van der Waals surface area contributed by atoms with Crippen LogP contribution in [0.4, 0.5) is 0 Å². The number of ether oxygens (including phenoxy) is 2. The zero-order valence-corrected chi connectivity index (χ0v) is 11.3. The fourth-order valence-corrected chi connectivity index (χ4v) is 1.82. The van der Waals surface area contributed by atoms with Gasteiger partial charge in [0, 0.05) is 11.6 Å². The number of hydrogen-bond donors (Lipinski definition) is 2. The van der Waals surface area contributed by atoms with Crippen molar-refractivity contribution in [2.24, 2.45) is 0 Å². The van der Waals surface area contributed by atoms with E-state index in [0.717, 1.165) is 11.1 Å². The zero-order valence-electron chi connectivity index (χ0n) is 11.3. The van der Waals surface area contributed by atoms with Crippen molar-refractivity contribution in [1.29, 1.82) is 0 Å². The summed E-state index contributed by atoms with van der Waals surface area (Å²) in [4.78, 5) is 0. The highest BCUT2D eigenvalue weighted by atomic mass is 16.5. The standard InChI is InChI=1S/C16H16O4/c1-19-15-10-13(17)7-6-12(15)5-3-11-4-8-14(18)16(9-11)20-2/h3-10,17-18H,1-2H3/b5-3+. The third kappa shape index (κ3) is 3.03. The van der Waals surface area contributed by atoms with Gasteiger partial charge in [-0.05, 0) is 29.8 Å². The zero-order chi connectivity index (χ0) is 14.5. The molecule has 2 aromatic rings. The van der Waals surface area contributed by atoms with E-state index in [2.05, 4.69) is 0 Å². The third-order valence-electron chi connectivity index (χ3n) is 2.88. The first-order valence-corrected chi connectivity index (χ1v) is 6.06. The largest absolute Gasteiger partial charge is 0.508 e. The van der Waals surface area contributed by atoms with E-state index in [9.17, 15) is 10.2 Å². The summed E-state index contributed by atoms with van der Waals surface area (Å²) in [6, 6.07) is 10.0. The molecule has 0 aliphatic heterocycles. The first-order chi connectivity index (χ1) is 9.63. The van der Waals surface area contributed by atoms with Crippen LogP contribution in [0.5, 0.6) is 23.0 Å². The van der Waals surface area contributed by atoms with Crippen LogP contribution in [-0.2, 0) is 0 Å². The fourth-order valence-electron chi connectivity index (χ4n) is 1.82. The highest BCUT2D eigenvalue weighted by Crippen LogP contribution is 2.28. The van der Waals surface area contributed by atoms with Crippen molar-refractivity contribution < 1.29 is 19.7 Å². The lowest BCUT2D eigenvalue weighted by Gasteiger charge is -2.06. The van der Waals surface area contributed by atoms with Crippen molar-refractivity contribution in [3.05, 3.63) is 47.5 Å². The van der Waals surface area contributed by atoms with E-state index in [1.165, 1.54) is 7.11 Å². The quantitative estimate of drug-likeness (QED) is 0.838. The monoisotopic (exact) mass is 272 g/mol. The molecule has 0 radical (unpaired) electrons. The summed E-state index contributed by atoms with van der Waals surface area (Å²) in [7, 11) is 3.06. The lowest BCUT2D eigenvalue weighted by Crippen LogP contribution is -1.86. The van der Waals surface area contributed by atoms with Gasteiger partial charge in [-0.3, -0.25) is 0 Å². The molecule has 20 heavy (non-hydrogen) atoms. The van der Waals surface area contributed by atoms with Crippen LogP contribution in [-0.4, -0.2) is 24.4 Å². The molecule has 2 rings (SSSR count). The van der Waals surface area contributed by atoms with Crippen LogP contribution in [0.3, 0.4) is 0 Å². The molecular formula is C16H16O4. The second kappa shape index (κ2) is 6.02. The molecule has 2 aromatic carbocycles. The van der Waals surface area contributed by atoms with Crippen LogP contribution in [0.25, 0.3) is 12.2 Å². The maximum atomic E-state index is 9.54. The number of rotatable bonds is 4. The highest BCUT2D eigenvalue weighted by molar-refractivity contribution is 5.74. The molecule has 0 saturated heterocycles. The number of benzene rings is 2. The van der Waals surface area contributed by atoms with Crippen molar-refractivity contribution >= 4 is 12.2 Å². The Balaban J connectivity index is 2.29. The Morgan fingerprint density at radius 3 is 2.30 bits per heavy atom. The third-order valence-corrected chi connectivity index (χ3v) is 2.88. The Labute approximate surface area is 117 Å². The Bertz CT molecular complexity index is 632. The molecule has 0 saturated carbocycles. The molecule has 0 bridgehead atoms. The van der Waals surface area contributed by atoms with Crippen LogP contribution in [0, 0.1) is 0 Å². The van der Waals surface area contributed by atoms with Crippen LogP contribution >= 0.6 is 0 Å². The van der Waals surface area contributed by atoms with Gasteiger partial charge in [0.2, 0.25) is 0 Å². The Kier molecular flexibility index (Phi) is 4.15. The van der Waals surface area contributed by atoms with Crippen molar-refractivity contribution in [3.63, 3.8) is 0 Å². The Morgan fingerprint density at radius 2 is 1.60 bits per heavy atom. The van der Waals surface area contributed by atoms with Gasteiger partial charge in [0.15, 0.2) is 11.5 Å². The summed E-state index contributed by atoms with van der Waals surface area (Å²) in [6.45, 7) is 0. The predicted octanol–water partition coefficient (Wildman–Crippen LogP) is 3.29. The average molecular weight is 272 g/mol. The molecule has 104 valence electrons. The highest BCUT2D eigenvalue weighted by Gasteiger charge is 2.02. The molecule has 0 spiro atoms. The van der Waals surface area contributed by atoms with Gasteiger partial charge in [-0.15, -0.1) is 0 Å². The maximum Gasteiger partial charge on any atom is 0.161 e. The molecule has 0 aromatic heterocycles. The smallest absolute Gasteiger partial charge is 0.161 e. The maximum absolute atomic E-state index is 9.54. The number of aromatic hydroxyl groups is 2. The summed E-state index contributed by atoms with van der Waals surface area (Å²) in [6.07, 6.45) is 3.74. The van der Waals surface area contributed by atoms with Crippen molar-refractivity contribution in [3.8, 4) is 23.0 Å². The van der Waals surface area contributed by atoms with Crippen LogP contribution in [0.1, 0.15) is 11.1 Å². The van der Waals surface area contributed by atoms with Crippen molar-refractivity contribution in [2.75, 3.05) is 14.2 Å². The normalized spacial score (nSPS) is 10.7. The molecule has 0 heterocycles. The summed E-state index contributed by atoms with van der Waals surface area (Å²) in [5.41, 5.74) is 1.73. The lowest BCUT2D eigenvalue weighted by molar-refractivity contribution is 0.373. The number of phenolic OH excluding ortho intramolecular Hbond substituents is 2. The second-order valence-corrected chi connectivity index (χ2v) is 4.19. The molecule has 0 amide bonds. The van der Waals surface area contributed by atoms with E-state index in [1.54, 1.807) is 43.5 Å². The number of phenols is 2. The predicted molar refractivity (Wildman–Crippen MR) is 78.2 cm³/mol. The van der Waals surface area contributed by atoms with Gasteiger partial charge in [-0.2, -0.15) is 0 Å². The summed E-state index contributed by atoms with van der Waals surface area (Å²) >= 11 is 0. The lowest BCUT2D eigenvalue weighted by atomic mass is 10.1. The van der Waals surface area contributed by atoms with Crippen LogP contribution in [0.15, 0.2) is 36.4 Å². The van der Waals surface area contributed by atoms with Gasteiger partial charge in [-0.1, -0.05) is 18.2 Å². The molecular weight excluding hydrogens is 256 g/mol. The van der Waals surface area contributed by atoms with Crippen molar-refractivity contribution in [1.82, 2.24) is 0 Å². The fraction of sp³-hybridized carbons (Fsp3) is 0.125. The minimum absolute atomic E-state index is 0.104. The van der Waals surface area contributed by atoms with E-state index < -0.39 is 0 Å². The average Bonchev–Trinajstić information content (AvgIpc) is 2.47. The summed E-state index contributed by atoms with van der Waals surface area (Å²) in [5, 5.41) is 18.9. The van der Waals surface area contributed by atoms with Gasteiger partial charge < -0.3 is 19.7 Å². The molecule has 0 aliphatic rings. The summed E-state index contributed by atoms with van der Waals surface area (Å²) < 4.78 is 10.3. The number of methoxy groups -OCH3 is 2. The molecule has 0 atom stereocenters. The minimum Gasteiger partial charge on any atom is -0.508 e. The van der Waals surface area contributed by atoms with Gasteiger partial charge in [-0.25, -0.2) is 0 Å². The van der Waals surface area contributed by atoms with Gasteiger partial charge in [0.1, 0.15) is 11.5 Å².